The molecule has 0 radical (unpaired) electrons. The molecule has 0 aliphatic rings. The molecule has 2 rings (SSSR count). The average Bonchev–Trinajstić information content (AvgIpc) is 2.83. The second-order valence-corrected chi connectivity index (χ2v) is 6.02. The highest BCUT2D eigenvalue weighted by molar-refractivity contribution is 6.59. The number of aromatic nitrogens is 1. The monoisotopic (exact) mass is 319 g/mol. The van der Waals surface area contributed by atoms with Gasteiger partial charge in [-0.05, 0) is 44.4 Å². The third kappa shape index (κ3) is 3.54. The number of carbonyl (C=O) groups excluding carboxylic acids is 2. The van der Waals surface area contributed by atoms with E-state index in [-0.39, 0.29) is 11.2 Å². The molecule has 2 aromatic rings. The molecule has 2 N–H and O–H groups in total. The first kappa shape index (κ1) is 17.0. The number of esters is 1. The lowest BCUT2D eigenvalue weighted by Gasteiger charge is -2.21. The zero-order valence-electron chi connectivity index (χ0n) is 13.4. The van der Waals surface area contributed by atoms with Crippen molar-refractivity contribution in [3.8, 4) is 0 Å². The Balaban J connectivity index is 2.64. The molecule has 0 saturated heterocycles. The van der Waals surface area contributed by atoms with Crippen LogP contribution in [0, 0.1) is 0 Å². The summed E-state index contributed by atoms with van der Waals surface area (Å²) in [5.74, 6) is -0.560. The average molecular weight is 319 g/mol. The van der Waals surface area contributed by atoms with Crippen LogP contribution in [0.3, 0.4) is 0 Å². The summed E-state index contributed by atoms with van der Waals surface area (Å²) in [7, 11) is -0.612. The molecule has 1 heterocycles. The van der Waals surface area contributed by atoms with Gasteiger partial charge in [0.05, 0.1) is 23.8 Å². The number of hydrogen-bond acceptors (Lipinski definition) is 6. The van der Waals surface area contributed by atoms with E-state index in [2.05, 4.69) is 4.74 Å². The van der Waals surface area contributed by atoms with Crippen molar-refractivity contribution in [3.05, 3.63) is 29.8 Å². The zero-order chi connectivity index (χ0) is 17.4. The Bertz CT molecular complexity index is 759. The van der Waals surface area contributed by atoms with Crippen molar-refractivity contribution in [1.29, 1.82) is 0 Å². The molecule has 0 unspecified atom stereocenters. The Morgan fingerprint density at radius 2 is 1.83 bits per heavy atom. The highest BCUT2D eigenvalue weighted by Gasteiger charge is 2.27. The van der Waals surface area contributed by atoms with E-state index < -0.39 is 24.8 Å². The lowest BCUT2D eigenvalue weighted by Crippen LogP contribution is -2.41. The summed E-state index contributed by atoms with van der Waals surface area (Å²) in [5, 5.41) is 19.6. The number of carbonyl (C=O) groups is 2. The zero-order valence-corrected chi connectivity index (χ0v) is 13.4. The highest BCUT2D eigenvalue weighted by atomic mass is 16.6. The van der Waals surface area contributed by atoms with Crippen LogP contribution in [0.2, 0.25) is 0 Å². The first-order chi connectivity index (χ1) is 10.6. The van der Waals surface area contributed by atoms with Crippen LogP contribution >= 0.6 is 0 Å². The first-order valence-electron chi connectivity index (χ1n) is 6.97. The van der Waals surface area contributed by atoms with Crippen LogP contribution in [0.25, 0.3) is 10.9 Å². The molecular formula is C15H18BNO6. The Kier molecular flexibility index (Phi) is 4.49. The third-order valence-corrected chi connectivity index (χ3v) is 3.09. The molecule has 1 aromatic carbocycles. The number of methoxy groups -OCH3 is 1. The van der Waals surface area contributed by atoms with Crippen LogP contribution in [0.15, 0.2) is 24.3 Å². The summed E-state index contributed by atoms with van der Waals surface area (Å²) in [6.45, 7) is 5.10. The minimum Gasteiger partial charge on any atom is -0.465 e. The maximum absolute atomic E-state index is 12.4. The summed E-state index contributed by atoms with van der Waals surface area (Å²) in [6.07, 6.45) is -0.766. The normalized spacial score (nSPS) is 11.4. The number of nitrogens with zero attached hydrogens (tertiary/aromatic N) is 1. The smallest absolute Gasteiger partial charge is 0.465 e. The molecule has 0 fully saturated rings. The first-order valence-corrected chi connectivity index (χ1v) is 6.97. The van der Waals surface area contributed by atoms with Crippen molar-refractivity contribution in [1.82, 2.24) is 4.57 Å². The summed E-state index contributed by atoms with van der Waals surface area (Å²) < 4.78 is 11.0. The molecule has 23 heavy (non-hydrogen) atoms. The quantitative estimate of drug-likeness (QED) is 0.630. The molecular weight excluding hydrogens is 301 g/mol. The number of rotatable bonds is 2. The number of benzene rings is 1. The van der Waals surface area contributed by atoms with Crippen molar-refractivity contribution < 1.29 is 29.1 Å². The molecule has 122 valence electrons. The summed E-state index contributed by atoms with van der Waals surface area (Å²) in [4.78, 5) is 24.1. The Morgan fingerprint density at radius 1 is 1.17 bits per heavy atom. The second-order valence-electron chi connectivity index (χ2n) is 6.02. The van der Waals surface area contributed by atoms with Gasteiger partial charge >= 0.3 is 19.2 Å². The van der Waals surface area contributed by atoms with Crippen molar-refractivity contribution in [2.24, 2.45) is 0 Å². The van der Waals surface area contributed by atoms with E-state index in [1.54, 1.807) is 26.8 Å². The van der Waals surface area contributed by atoms with E-state index in [1.807, 2.05) is 0 Å². The predicted octanol–water partition coefficient (Wildman–Crippen LogP) is 0.891. The van der Waals surface area contributed by atoms with E-state index in [9.17, 15) is 19.6 Å². The summed E-state index contributed by atoms with van der Waals surface area (Å²) in [6, 6.07) is 6.01. The molecule has 7 nitrogen and oxygen atoms in total. The Hall–Kier alpha value is -2.32. The van der Waals surface area contributed by atoms with E-state index in [0.29, 0.717) is 10.9 Å². The minimum atomic E-state index is -1.86. The van der Waals surface area contributed by atoms with Gasteiger partial charge in [0.1, 0.15) is 5.60 Å². The Labute approximate surface area is 133 Å². The van der Waals surface area contributed by atoms with E-state index in [0.717, 1.165) is 4.57 Å². The molecule has 0 bridgehead atoms. The topological polar surface area (TPSA) is 98.0 Å². The third-order valence-electron chi connectivity index (χ3n) is 3.09. The van der Waals surface area contributed by atoms with Crippen molar-refractivity contribution in [3.63, 3.8) is 0 Å². The maximum atomic E-state index is 12.4. The Morgan fingerprint density at radius 3 is 2.35 bits per heavy atom. The fourth-order valence-electron chi connectivity index (χ4n) is 2.17. The number of hydrogen-bond donors (Lipinski definition) is 2. The van der Waals surface area contributed by atoms with Gasteiger partial charge in [-0.25, -0.2) is 9.59 Å². The van der Waals surface area contributed by atoms with Gasteiger partial charge < -0.3 is 19.5 Å². The summed E-state index contributed by atoms with van der Waals surface area (Å²) >= 11 is 0. The SMILES string of the molecule is COC(=O)c1ccc2cc(B(O)O)n(C(=O)OC(C)(C)C)c2c1. The minimum absolute atomic E-state index is 0.0451. The van der Waals surface area contributed by atoms with Gasteiger partial charge in [0.25, 0.3) is 0 Å². The van der Waals surface area contributed by atoms with Gasteiger partial charge in [-0.1, -0.05) is 6.07 Å². The van der Waals surface area contributed by atoms with Gasteiger partial charge in [0.15, 0.2) is 0 Å². The largest absolute Gasteiger partial charge is 0.506 e. The molecule has 0 saturated carbocycles. The van der Waals surface area contributed by atoms with Crippen LogP contribution in [-0.2, 0) is 9.47 Å². The molecule has 0 spiro atoms. The molecule has 0 aliphatic heterocycles. The van der Waals surface area contributed by atoms with Crippen LogP contribution < -0.4 is 5.59 Å². The number of ether oxygens (including phenoxy) is 2. The summed E-state index contributed by atoms with van der Waals surface area (Å²) in [5.41, 5.74) is -0.242. The second kappa shape index (κ2) is 6.06. The lowest BCUT2D eigenvalue weighted by molar-refractivity contribution is 0.0544. The van der Waals surface area contributed by atoms with E-state index >= 15 is 0 Å². The van der Waals surface area contributed by atoms with E-state index in [4.69, 9.17) is 4.74 Å². The highest BCUT2D eigenvalue weighted by Crippen LogP contribution is 2.19. The van der Waals surface area contributed by atoms with E-state index in [1.165, 1.54) is 25.3 Å². The van der Waals surface area contributed by atoms with Gasteiger partial charge in [-0.15, -0.1) is 0 Å². The van der Waals surface area contributed by atoms with Crippen LogP contribution in [0.1, 0.15) is 31.1 Å². The molecule has 8 heteroatoms. The predicted molar refractivity (Wildman–Crippen MR) is 84.7 cm³/mol. The van der Waals surface area contributed by atoms with Crippen LogP contribution in [-0.4, -0.2) is 46.5 Å². The van der Waals surface area contributed by atoms with Gasteiger partial charge in [-0.2, -0.15) is 0 Å². The van der Waals surface area contributed by atoms with Gasteiger partial charge in [0, 0.05) is 0 Å². The fourth-order valence-corrected chi connectivity index (χ4v) is 2.17. The number of fused-ring (bicyclic) bond motifs is 1. The van der Waals surface area contributed by atoms with Crippen molar-refractivity contribution >= 4 is 35.7 Å². The molecule has 0 amide bonds. The van der Waals surface area contributed by atoms with Crippen molar-refractivity contribution in [2.45, 2.75) is 26.4 Å². The van der Waals surface area contributed by atoms with Gasteiger partial charge in [0.2, 0.25) is 0 Å². The molecule has 0 atom stereocenters. The molecule has 1 aromatic heterocycles. The van der Waals surface area contributed by atoms with Crippen molar-refractivity contribution in [2.75, 3.05) is 7.11 Å². The standard InChI is InChI=1S/C15H18BNO6/c1-15(2,3)23-14(19)17-11-7-10(13(18)22-4)6-5-9(11)8-12(17)16(20)21/h5-8,20-21H,1-4H3. The lowest BCUT2D eigenvalue weighted by atomic mass is 9.86. The molecule has 0 aliphatic carbocycles. The fraction of sp³-hybridized carbons (Fsp3) is 0.333. The van der Waals surface area contributed by atoms with Gasteiger partial charge in [-0.3, -0.25) is 4.57 Å². The maximum Gasteiger partial charge on any atom is 0.506 e. The van der Waals surface area contributed by atoms with Crippen LogP contribution in [0.4, 0.5) is 4.79 Å². The van der Waals surface area contributed by atoms with Crippen LogP contribution in [0.5, 0.6) is 0 Å².